The Kier molecular flexibility index (Phi) is 4.88. The molecule has 0 saturated heterocycles. The number of thiazole rings is 1. The number of aryl methyl sites for hydroxylation is 2. The Morgan fingerprint density at radius 3 is 2.40 bits per heavy atom. The van der Waals surface area contributed by atoms with Gasteiger partial charge in [-0.15, -0.1) is 11.3 Å². The van der Waals surface area contributed by atoms with Gasteiger partial charge in [0, 0.05) is 22.9 Å². The molecule has 0 aromatic carbocycles. The Bertz CT molecular complexity index is 425. The smallest absolute Gasteiger partial charge is 0.0947 e. The van der Waals surface area contributed by atoms with E-state index in [2.05, 4.69) is 44.8 Å². The summed E-state index contributed by atoms with van der Waals surface area (Å²) in [5.41, 5.74) is 7.96. The van der Waals surface area contributed by atoms with Crippen LogP contribution < -0.4 is 5.73 Å². The van der Waals surface area contributed by atoms with Gasteiger partial charge in [0.15, 0.2) is 0 Å². The zero-order valence-electron chi connectivity index (χ0n) is 13.6. The fraction of sp³-hybridized carbons (Fsp3) is 0.812. The molecule has 1 saturated carbocycles. The monoisotopic (exact) mass is 295 g/mol. The van der Waals surface area contributed by atoms with Crippen LogP contribution in [-0.4, -0.2) is 35.6 Å². The van der Waals surface area contributed by atoms with Crippen molar-refractivity contribution in [1.29, 1.82) is 0 Å². The Hall–Kier alpha value is -0.450. The molecule has 1 atom stereocenters. The van der Waals surface area contributed by atoms with Crippen LogP contribution in [-0.2, 0) is 6.42 Å². The normalized spacial score (nSPS) is 28.9. The van der Waals surface area contributed by atoms with Gasteiger partial charge in [0.05, 0.1) is 10.7 Å². The maximum atomic E-state index is 6.65. The minimum absolute atomic E-state index is 0.153. The van der Waals surface area contributed by atoms with Crippen molar-refractivity contribution in [2.45, 2.75) is 64.5 Å². The Morgan fingerprint density at radius 2 is 1.95 bits per heavy atom. The Balaban J connectivity index is 2.13. The number of likely N-dealkylation sites (N-methyl/N-ethyl adjacent to an activating group) is 1. The maximum Gasteiger partial charge on any atom is 0.0947 e. The molecule has 114 valence electrons. The third-order valence-electron chi connectivity index (χ3n) is 5.19. The lowest BCUT2D eigenvalue weighted by atomic mass is 9.71. The molecule has 1 aliphatic rings. The highest BCUT2D eigenvalue weighted by atomic mass is 32.1. The second-order valence-electron chi connectivity index (χ2n) is 6.74. The van der Waals surface area contributed by atoms with Crippen LogP contribution in [0.1, 0.15) is 48.2 Å². The van der Waals surface area contributed by atoms with E-state index in [1.165, 1.54) is 35.6 Å². The van der Waals surface area contributed by atoms with Gasteiger partial charge < -0.3 is 10.6 Å². The van der Waals surface area contributed by atoms with E-state index in [1.54, 1.807) is 0 Å². The lowest BCUT2D eigenvalue weighted by molar-refractivity contribution is 0.0568. The van der Waals surface area contributed by atoms with Gasteiger partial charge in [-0.05, 0) is 59.5 Å². The second-order valence-corrected chi connectivity index (χ2v) is 8.03. The highest BCUT2D eigenvalue weighted by Crippen LogP contribution is 2.38. The SMILES string of the molecule is Cc1nc(CC(N)C2(N(C)C)CCC(C)CC2)sc1C. The van der Waals surface area contributed by atoms with Crippen LogP contribution in [0.3, 0.4) is 0 Å². The van der Waals surface area contributed by atoms with Crippen LogP contribution in [0, 0.1) is 19.8 Å². The summed E-state index contributed by atoms with van der Waals surface area (Å²) in [6, 6.07) is 0.176. The van der Waals surface area contributed by atoms with E-state index >= 15 is 0 Å². The molecule has 2 rings (SSSR count). The molecule has 4 heteroatoms. The molecule has 1 fully saturated rings. The van der Waals surface area contributed by atoms with Gasteiger partial charge in [0.1, 0.15) is 0 Å². The first-order valence-corrected chi connectivity index (χ1v) is 8.52. The molecule has 1 aromatic heterocycles. The van der Waals surface area contributed by atoms with Crippen LogP contribution >= 0.6 is 11.3 Å². The molecule has 3 nitrogen and oxygen atoms in total. The molecule has 1 aliphatic carbocycles. The molecule has 1 aromatic rings. The van der Waals surface area contributed by atoms with E-state index in [0.717, 1.165) is 18.0 Å². The zero-order valence-corrected chi connectivity index (χ0v) is 14.4. The maximum absolute atomic E-state index is 6.65. The van der Waals surface area contributed by atoms with E-state index in [0.29, 0.717) is 0 Å². The summed E-state index contributed by atoms with van der Waals surface area (Å²) in [4.78, 5) is 8.36. The molecule has 0 aliphatic heterocycles. The summed E-state index contributed by atoms with van der Waals surface area (Å²) in [5, 5.41) is 1.20. The molecular weight excluding hydrogens is 266 g/mol. The van der Waals surface area contributed by atoms with Gasteiger partial charge in [0.2, 0.25) is 0 Å². The third kappa shape index (κ3) is 3.07. The van der Waals surface area contributed by atoms with Crippen LogP contribution in [0.5, 0.6) is 0 Å². The number of hydrogen-bond acceptors (Lipinski definition) is 4. The summed E-state index contributed by atoms with van der Waals surface area (Å²) in [6.07, 6.45) is 5.92. The van der Waals surface area contributed by atoms with Crippen LogP contribution in [0.15, 0.2) is 0 Å². The minimum Gasteiger partial charge on any atom is -0.326 e. The topological polar surface area (TPSA) is 42.1 Å². The predicted molar refractivity (Wildman–Crippen MR) is 87.3 cm³/mol. The van der Waals surface area contributed by atoms with E-state index in [4.69, 9.17) is 5.73 Å². The summed E-state index contributed by atoms with van der Waals surface area (Å²) in [5.74, 6) is 0.847. The molecule has 1 unspecified atom stereocenters. The molecule has 20 heavy (non-hydrogen) atoms. The number of nitrogens with two attached hydrogens (primary N) is 1. The van der Waals surface area contributed by atoms with Crippen molar-refractivity contribution in [2.75, 3.05) is 14.1 Å². The fourth-order valence-corrected chi connectivity index (χ4v) is 4.41. The van der Waals surface area contributed by atoms with E-state index in [9.17, 15) is 0 Å². The second kappa shape index (κ2) is 6.12. The molecule has 0 spiro atoms. The van der Waals surface area contributed by atoms with Crippen molar-refractivity contribution < 1.29 is 0 Å². The van der Waals surface area contributed by atoms with E-state index in [-0.39, 0.29) is 11.6 Å². The van der Waals surface area contributed by atoms with E-state index in [1.807, 2.05) is 11.3 Å². The minimum atomic E-state index is 0.153. The molecule has 2 N–H and O–H groups in total. The number of rotatable bonds is 4. The van der Waals surface area contributed by atoms with Crippen LogP contribution in [0.4, 0.5) is 0 Å². The molecule has 0 radical (unpaired) electrons. The fourth-order valence-electron chi connectivity index (χ4n) is 3.42. The molecule has 0 amide bonds. The van der Waals surface area contributed by atoms with Crippen molar-refractivity contribution in [3.8, 4) is 0 Å². The van der Waals surface area contributed by atoms with Crippen molar-refractivity contribution >= 4 is 11.3 Å². The highest BCUT2D eigenvalue weighted by molar-refractivity contribution is 7.11. The lowest BCUT2D eigenvalue weighted by Gasteiger charge is -2.48. The third-order valence-corrected chi connectivity index (χ3v) is 6.28. The quantitative estimate of drug-likeness (QED) is 0.928. The van der Waals surface area contributed by atoms with Crippen molar-refractivity contribution in [2.24, 2.45) is 11.7 Å². The van der Waals surface area contributed by atoms with E-state index < -0.39 is 0 Å². The largest absolute Gasteiger partial charge is 0.326 e. The Morgan fingerprint density at radius 1 is 1.35 bits per heavy atom. The van der Waals surface area contributed by atoms with Gasteiger partial charge >= 0.3 is 0 Å². The molecular formula is C16H29N3S. The predicted octanol–water partition coefficient (Wildman–Crippen LogP) is 3.14. The van der Waals surface area contributed by atoms with Gasteiger partial charge in [-0.2, -0.15) is 0 Å². The summed E-state index contributed by atoms with van der Waals surface area (Å²) >= 11 is 1.81. The van der Waals surface area contributed by atoms with Crippen molar-refractivity contribution in [1.82, 2.24) is 9.88 Å². The lowest BCUT2D eigenvalue weighted by Crippen LogP contribution is -2.59. The first-order chi connectivity index (χ1) is 9.35. The highest BCUT2D eigenvalue weighted by Gasteiger charge is 2.41. The van der Waals surface area contributed by atoms with Crippen LogP contribution in [0.2, 0.25) is 0 Å². The zero-order chi connectivity index (χ0) is 14.9. The molecule has 1 heterocycles. The molecule has 0 bridgehead atoms. The number of nitrogens with zero attached hydrogens (tertiary/aromatic N) is 2. The average molecular weight is 295 g/mol. The number of aromatic nitrogens is 1. The standard InChI is InChI=1S/C16H29N3S/c1-11-6-8-16(9-7-11,19(4)5)14(17)10-15-18-12(2)13(3)20-15/h11,14H,6-10,17H2,1-5H3. The first kappa shape index (κ1) is 15.9. The van der Waals surface area contributed by atoms with Crippen LogP contribution in [0.25, 0.3) is 0 Å². The van der Waals surface area contributed by atoms with Crippen molar-refractivity contribution in [3.05, 3.63) is 15.6 Å². The summed E-state index contributed by atoms with van der Waals surface area (Å²) in [7, 11) is 4.38. The van der Waals surface area contributed by atoms with Gasteiger partial charge in [-0.1, -0.05) is 6.92 Å². The first-order valence-electron chi connectivity index (χ1n) is 7.71. The average Bonchev–Trinajstić information content (AvgIpc) is 2.69. The van der Waals surface area contributed by atoms with Gasteiger partial charge in [0.25, 0.3) is 0 Å². The Labute approximate surface area is 127 Å². The van der Waals surface area contributed by atoms with Crippen molar-refractivity contribution in [3.63, 3.8) is 0 Å². The van der Waals surface area contributed by atoms with Gasteiger partial charge in [-0.3, -0.25) is 0 Å². The summed E-state index contributed by atoms with van der Waals surface area (Å²) in [6.45, 7) is 6.59. The number of hydrogen-bond donors (Lipinski definition) is 1. The summed E-state index contributed by atoms with van der Waals surface area (Å²) < 4.78 is 0. The van der Waals surface area contributed by atoms with Gasteiger partial charge in [-0.25, -0.2) is 4.98 Å².